The number of likely N-dealkylation sites (tertiary alicyclic amines) is 1. The molecule has 1 amide bonds. The minimum Gasteiger partial charge on any atom is -0.371 e. The highest BCUT2D eigenvalue weighted by atomic mass is 16.6. The van der Waals surface area contributed by atoms with Crippen LogP contribution in [-0.4, -0.2) is 52.3 Å². The lowest BCUT2D eigenvalue weighted by Gasteiger charge is -2.23. The molecule has 2 aliphatic rings. The third-order valence-electron chi connectivity index (χ3n) is 5.23. The summed E-state index contributed by atoms with van der Waals surface area (Å²) in [6.45, 7) is 5.92. The minimum atomic E-state index is -0.297. The van der Waals surface area contributed by atoms with E-state index in [0.717, 1.165) is 18.4 Å². The molecule has 0 radical (unpaired) electrons. The molecular weight excluding hydrogens is 334 g/mol. The van der Waals surface area contributed by atoms with Crippen LogP contribution in [0.4, 0.5) is 0 Å². The monoisotopic (exact) mass is 357 g/mol. The molecule has 2 saturated heterocycles. The fourth-order valence-electron chi connectivity index (χ4n) is 3.86. The zero-order valence-electron chi connectivity index (χ0n) is 15.1. The summed E-state index contributed by atoms with van der Waals surface area (Å²) in [6, 6.07) is 3.90. The van der Waals surface area contributed by atoms with Gasteiger partial charge in [-0.05, 0) is 31.9 Å². The molecule has 4 heterocycles. The van der Waals surface area contributed by atoms with Crippen LogP contribution in [0.3, 0.4) is 0 Å². The summed E-state index contributed by atoms with van der Waals surface area (Å²) in [5.41, 5.74) is 1.96. The quantitative estimate of drug-likeness (QED) is 0.835. The second-order valence-corrected chi connectivity index (χ2v) is 7.17. The second kappa shape index (κ2) is 6.81. The van der Waals surface area contributed by atoms with Crippen LogP contribution in [-0.2, 0) is 16.1 Å². The Balaban J connectivity index is 1.35. The number of hydrogen-bond donors (Lipinski definition) is 0. The Morgan fingerprint density at radius 1 is 1.46 bits per heavy atom. The number of rotatable bonds is 4. The Morgan fingerprint density at radius 3 is 3.08 bits per heavy atom. The van der Waals surface area contributed by atoms with Crippen molar-refractivity contribution in [3.8, 4) is 0 Å². The highest BCUT2D eigenvalue weighted by Crippen LogP contribution is 2.37. The van der Waals surface area contributed by atoms with E-state index in [-0.39, 0.29) is 17.6 Å². The van der Waals surface area contributed by atoms with E-state index in [4.69, 9.17) is 14.0 Å². The van der Waals surface area contributed by atoms with Gasteiger partial charge in [0, 0.05) is 25.4 Å². The Labute approximate surface area is 152 Å². The molecule has 0 saturated carbocycles. The molecule has 2 aromatic rings. The van der Waals surface area contributed by atoms with Crippen molar-refractivity contribution in [2.45, 2.75) is 45.0 Å². The van der Waals surface area contributed by atoms with Gasteiger partial charge in [0.2, 0.25) is 0 Å². The first-order valence-electron chi connectivity index (χ1n) is 8.93. The van der Waals surface area contributed by atoms with Gasteiger partial charge in [-0.3, -0.25) is 9.78 Å². The molecule has 138 valence electrons. The zero-order valence-corrected chi connectivity index (χ0v) is 15.1. The first-order valence-corrected chi connectivity index (χ1v) is 8.93. The normalized spacial score (nSPS) is 25.3. The summed E-state index contributed by atoms with van der Waals surface area (Å²) in [5.74, 6) is 0.542. The van der Waals surface area contributed by atoms with Gasteiger partial charge in [0.25, 0.3) is 5.91 Å². The molecule has 0 unspecified atom stereocenters. The lowest BCUT2D eigenvalue weighted by atomic mass is 9.98. The number of aryl methyl sites for hydroxylation is 2. The Morgan fingerprint density at radius 2 is 2.35 bits per heavy atom. The van der Waals surface area contributed by atoms with Crippen molar-refractivity contribution in [1.29, 1.82) is 0 Å². The van der Waals surface area contributed by atoms with Gasteiger partial charge < -0.3 is 18.9 Å². The second-order valence-electron chi connectivity index (χ2n) is 7.17. The first-order chi connectivity index (χ1) is 12.6. The topological polar surface area (TPSA) is 77.7 Å². The summed E-state index contributed by atoms with van der Waals surface area (Å²) in [6.07, 6.45) is 5.24. The standard InChI is InChI=1S/C19H23N3O4/c1-13-17(14(2)26-21-13)18(23)22-7-5-19(12-22)8-16(11-25-19)24-10-15-4-3-6-20-9-15/h3-4,6,9,16H,5,7-8,10-12H2,1-2H3/t16-,19+/m1/s1. The number of nitrogens with zero attached hydrogens (tertiary/aromatic N) is 3. The molecule has 2 fully saturated rings. The van der Waals surface area contributed by atoms with Crippen LogP contribution in [0.2, 0.25) is 0 Å². The molecule has 0 aliphatic carbocycles. The van der Waals surface area contributed by atoms with Gasteiger partial charge in [-0.2, -0.15) is 0 Å². The van der Waals surface area contributed by atoms with E-state index >= 15 is 0 Å². The number of pyridine rings is 1. The van der Waals surface area contributed by atoms with Gasteiger partial charge in [-0.15, -0.1) is 0 Å². The fraction of sp³-hybridized carbons (Fsp3) is 0.526. The van der Waals surface area contributed by atoms with E-state index in [1.165, 1.54) is 0 Å². The molecule has 4 rings (SSSR count). The summed E-state index contributed by atoms with van der Waals surface area (Å²) in [7, 11) is 0. The number of carbonyl (C=O) groups excluding carboxylic acids is 1. The SMILES string of the molecule is Cc1noc(C)c1C(=O)N1CC[C@]2(C[C@@H](OCc3cccnc3)CO2)C1. The van der Waals surface area contributed by atoms with Crippen molar-refractivity contribution in [3.63, 3.8) is 0 Å². The third kappa shape index (κ3) is 3.24. The predicted octanol–water partition coefficient (Wildman–Crippen LogP) is 2.28. The van der Waals surface area contributed by atoms with Crippen molar-refractivity contribution in [2.75, 3.05) is 19.7 Å². The number of carbonyl (C=O) groups is 1. The number of aromatic nitrogens is 2. The summed E-state index contributed by atoms with van der Waals surface area (Å²) < 4.78 is 17.2. The van der Waals surface area contributed by atoms with Crippen LogP contribution in [0.25, 0.3) is 0 Å². The molecule has 7 nitrogen and oxygen atoms in total. The summed E-state index contributed by atoms with van der Waals surface area (Å²) in [5, 5.41) is 3.88. The summed E-state index contributed by atoms with van der Waals surface area (Å²) >= 11 is 0. The van der Waals surface area contributed by atoms with E-state index in [9.17, 15) is 4.79 Å². The average molecular weight is 357 g/mol. The van der Waals surface area contributed by atoms with Gasteiger partial charge in [-0.1, -0.05) is 11.2 Å². The highest BCUT2D eigenvalue weighted by molar-refractivity contribution is 5.96. The fourth-order valence-corrected chi connectivity index (χ4v) is 3.86. The smallest absolute Gasteiger partial charge is 0.259 e. The maximum absolute atomic E-state index is 12.8. The van der Waals surface area contributed by atoms with Gasteiger partial charge in [0.1, 0.15) is 11.3 Å². The molecular formula is C19H23N3O4. The molecule has 2 aliphatic heterocycles. The molecule has 0 aromatic carbocycles. The van der Waals surface area contributed by atoms with E-state index in [2.05, 4.69) is 10.1 Å². The maximum Gasteiger partial charge on any atom is 0.259 e. The Kier molecular flexibility index (Phi) is 4.50. The maximum atomic E-state index is 12.8. The molecule has 2 aromatic heterocycles. The van der Waals surface area contributed by atoms with Crippen molar-refractivity contribution in [2.24, 2.45) is 0 Å². The minimum absolute atomic E-state index is 0.0264. The average Bonchev–Trinajstić information content (AvgIpc) is 3.34. The highest BCUT2D eigenvalue weighted by Gasteiger charge is 2.47. The van der Waals surface area contributed by atoms with E-state index in [1.807, 2.05) is 23.2 Å². The molecule has 1 spiro atoms. The van der Waals surface area contributed by atoms with Crippen LogP contribution in [0.1, 0.15) is 40.2 Å². The van der Waals surface area contributed by atoms with Crippen molar-refractivity contribution < 1.29 is 18.8 Å². The van der Waals surface area contributed by atoms with Crippen LogP contribution in [0.5, 0.6) is 0 Å². The van der Waals surface area contributed by atoms with Crippen LogP contribution >= 0.6 is 0 Å². The molecule has 2 atom stereocenters. The predicted molar refractivity (Wildman–Crippen MR) is 92.6 cm³/mol. The van der Waals surface area contributed by atoms with Gasteiger partial charge in [0.05, 0.1) is 37.2 Å². The van der Waals surface area contributed by atoms with Gasteiger partial charge >= 0.3 is 0 Å². The Bertz CT molecular complexity index is 772. The summed E-state index contributed by atoms with van der Waals surface area (Å²) in [4.78, 5) is 18.8. The molecule has 0 N–H and O–H groups in total. The van der Waals surface area contributed by atoms with E-state index in [0.29, 0.717) is 43.3 Å². The van der Waals surface area contributed by atoms with E-state index in [1.54, 1.807) is 20.0 Å². The lowest BCUT2D eigenvalue weighted by Crippen LogP contribution is -2.36. The van der Waals surface area contributed by atoms with Gasteiger partial charge in [-0.25, -0.2) is 0 Å². The van der Waals surface area contributed by atoms with Crippen molar-refractivity contribution >= 4 is 5.91 Å². The van der Waals surface area contributed by atoms with Crippen molar-refractivity contribution in [1.82, 2.24) is 15.0 Å². The van der Waals surface area contributed by atoms with Crippen LogP contribution < -0.4 is 0 Å². The first kappa shape index (κ1) is 17.2. The zero-order chi connectivity index (χ0) is 18.1. The lowest BCUT2D eigenvalue weighted by molar-refractivity contribution is 0.000234. The number of amides is 1. The molecule has 7 heteroatoms. The number of hydrogen-bond acceptors (Lipinski definition) is 6. The number of ether oxygens (including phenoxy) is 2. The van der Waals surface area contributed by atoms with Crippen LogP contribution in [0.15, 0.2) is 29.0 Å². The third-order valence-corrected chi connectivity index (χ3v) is 5.23. The Hall–Kier alpha value is -2.25. The van der Waals surface area contributed by atoms with Crippen molar-refractivity contribution in [3.05, 3.63) is 47.1 Å². The van der Waals surface area contributed by atoms with Gasteiger partial charge in [0.15, 0.2) is 0 Å². The largest absolute Gasteiger partial charge is 0.371 e. The van der Waals surface area contributed by atoms with E-state index < -0.39 is 0 Å². The molecule has 0 bridgehead atoms. The van der Waals surface area contributed by atoms with Crippen LogP contribution in [0, 0.1) is 13.8 Å². The molecule has 26 heavy (non-hydrogen) atoms.